The molecule has 0 amide bonds. The summed E-state index contributed by atoms with van der Waals surface area (Å²) in [6.07, 6.45) is 1.25. The SMILES string of the molecule is CCC1COC(C)CN1c1cc(NN)nc(C)n1. The van der Waals surface area contributed by atoms with Gasteiger partial charge in [0.15, 0.2) is 0 Å². The minimum absolute atomic E-state index is 0.220. The maximum Gasteiger partial charge on any atom is 0.145 e. The van der Waals surface area contributed by atoms with Crippen molar-refractivity contribution in [1.29, 1.82) is 0 Å². The molecule has 2 heterocycles. The Bertz CT molecular complexity index is 411. The lowest BCUT2D eigenvalue weighted by Crippen LogP contribution is -2.49. The molecule has 6 nitrogen and oxygen atoms in total. The fraction of sp³-hybridized carbons (Fsp3) is 0.667. The summed E-state index contributed by atoms with van der Waals surface area (Å²) in [5, 5.41) is 0. The predicted molar refractivity (Wildman–Crippen MR) is 71.4 cm³/mol. The van der Waals surface area contributed by atoms with Crippen LogP contribution in [0.2, 0.25) is 0 Å². The molecule has 0 radical (unpaired) electrons. The molecule has 0 spiro atoms. The molecule has 2 atom stereocenters. The van der Waals surface area contributed by atoms with Crippen molar-refractivity contribution in [2.45, 2.75) is 39.3 Å². The maximum absolute atomic E-state index is 5.69. The summed E-state index contributed by atoms with van der Waals surface area (Å²) < 4.78 is 5.69. The monoisotopic (exact) mass is 251 g/mol. The first kappa shape index (κ1) is 13.0. The van der Waals surface area contributed by atoms with Crippen LogP contribution < -0.4 is 16.2 Å². The minimum Gasteiger partial charge on any atom is -0.375 e. The molecule has 18 heavy (non-hydrogen) atoms. The Labute approximate surface area is 108 Å². The molecular weight excluding hydrogens is 230 g/mol. The Morgan fingerprint density at radius 3 is 3.00 bits per heavy atom. The second-order valence-corrected chi connectivity index (χ2v) is 4.66. The van der Waals surface area contributed by atoms with Gasteiger partial charge in [-0.2, -0.15) is 0 Å². The Hall–Kier alpha value is -1.40. The number of nitrogen functional groups attached to an aromatic ring is 1. The van der Waals surface area contributed by atoms with Crippen LogP contribution in [-0.4, -0.2) is 35.3 Å². The first-order chi connectivity index (χ1) is 8.63. The van der Waals surface area contributed by atoms with Crippen LogP contribution in [0.3, 0.4) is 0 Å². The van der Waals surface area contributed by atoms with Gasteiger partial charge in [0.1, 0.15) is 17.5 Å². The highest BCUT2D eigenvalue weighted by atomic mass is 16.5. The number of aromatic nitrogens is 2. The molecule has 1 fully saturated rings. The fourth-order valence-electron chi connectivity index (χ4n) is 2.24. The third kappa shape index (κ3) is 2.70. The van der Waals surface area contributed by atoms with Gasteiger partial charge in [-0.15, -0.1) is 0 Å². The lowest BCUT2D eigenvalue weighted by Gasteiger charge is -2.39. The zero-order valence-electron chi connectivity index (χ0n) is 11.2. The van der Waals surface area contributed by atoms with Gasteiger partial charge in [0.2, 0.25) is 0 Å². The number of ether oxygens (including phenoxy) is 1. The van der Waals surface area contributed by atoms with Crippen LogP contribution >= 0.6 is 0 Å². The maximum atomic E-state index is 5.69. The number of nitrogens with one attached hydrogen (secondary N) is 1. The molecule has 0 aliphatic carbocycles. The van der Waals surface area contributed by atoms with Crippen molar-refractivity contribution in [2.75, 3.05) is 23.5 Å². The molecule has 1 aliphatic rings. The minimum atomic E-state index is 0.220. The molecule has 1 aromatic heterocycles. The zero-order valence-corrected chi connectivity index (χ0v) is 11.2. The summed E-state index contributed by atoms with van der Waals surface area (Å²) >= 11 is 0. The highest BCUT2D eigenvalue weighted by molar-refractivity contribution is 5.50. The number of hydrogen-bond donors (Lipinski definition) is 2. The fourth-order valence-corrected chi connectivity index (χ4v) is 2.24. The molecule has 2 unspecified atom stereocenters. The predicted octanol–water partition coefficient (Wildman–Crippen LogP) is 1.07. The van der Waals surface area contributed by atoms with Gasteiger partial charge in [-0.05, 0) is 20.3 Å². The topological polar surface area (TPSA) is 76.3 Å². The summed E-state index contributed by atoms with van der Waals surface area (Å²) in [4.78, 5) is 11.0. The van der Waals surface area contributed by atoms with Crippen LogP contribution in [0.15, 0.2) is 6.07 Å². The van der Waals surface area contributed by atoms with Gasteiger partial charge in [-0.1, -0.05) is 6.92 Å². The lowest BCUT2D eigenvalue weighted by molar-refractivity contribution is 0.0296. The number of rotatable bonds is 3. The van der Waals surface area contributed by atoms with E-state index in [-0.39, 0.29) is 6.10 Å². The highest BCUT2D eigenvalue weighted by Gasteiger charge is 2.27. The molecule has 0 aromatic carbocycles. The number of anilines is 2. The molecule has 1 saturated heterocycles. The van der Waals surface area contributed by atoms with Gasteiger partial charge >= 0.3 is 0 Å². The summed E-state index contributed by atoms with van der Waals surface area (Å²) in [7, 11) is 0. The number of aryl methyl sites for hydroxylation is 1. The number of nitrogens with two attached hydrogens (primary N) is 1. The van der Waals surface area contributed by atoms with Crippen molar-refractivity contribution in [2.24, 2.45) is 5.84 Å². The van der Waals surface area contributed by atoms with E-state index < -0.39 is 0 Å². The van der Waals surface area contributed by atoms with Crippen molar-refractivity contribution >= 4 is 11.6 Å². The van der Waals surface area contributed by atoms with Gasteiger partial charge in [-0.25, -0.2) is 15.8 Å². The normalized spacial score (nSPS) is 24.1. The molecule has 100 valence electrons. The van der Waals surface area contributed by atoms with Gasteiger partial charge in [0, 0.05) is 12.6 Å². The van der Waals surface area contributed by atoms with Crippen molar-refractivity contribution in [3.8, 4) is 0 Å². The van der Waals surface area contributed by atoms with Gasteiger partial charge in [0.25, 0.3) is 0 Å². The van der Waals surface area contributed by atoms with E-state index in [1.165, 1.54) is 0 Å². The quantitative estimate of drug-likeness (QED) is 0.618. The van der Waals surface area contributed by atoms with E-state index in [0.29, 0.717) is 11.9 Å². The Morgan fingerprint density at radius 2 is 2.33 bits per heavy atom. The van der Waals surface area contributed by atoms with E-state index in [0.717, 1.165) is 31.2 Å². The Balaban J connectivity index is 2.29. The second-order valence-electron chi connectivity index (χ2n) is 4.66. The standard InChI is InChI=1S/C12H21N5O/c1-4-10-7-18-8(2)6-17(10)12-5-11(16-13)14-9(3)15-12/h5,8,10H,4,6-7,13H2,1-3H3,(H,14,15,16). The number of hydrogen-bond acceptors (Lipinski definition) is 6. The number of morpholine rings is 1. The van der Waals surface area contributed by atoms with E-state index >= 15 is 0 Å². The molecule has 3 N–H and O–H groups in total. The van der Waals surface area contributed by atoms with Crippen LogP contribution in [-0.2, 0) is 4.74 Å². The van der Waals surface area contributed by atoms with Crippen molar-refractivity contribution in [3.05, 3.63) is 11.9 Å². The average Bonchev–Trinajstić information content (AvgIpc) is 2.38. The van der Waals surface area contributed by atoms with E-state index in [1.807, 2.05) is 13.0 Å². The largest absolute Gasteiger partial charge is 0.375 e. The number of hydrazine groups is 1. The van der Waals surface area contributed by atoms with E-state index in [2.05, 4.69) is 34.1 Å². The van der Waals surface area contributed by atoms with Crippen LogP contribution in [0.5, 0.6) is 0 Å². The zero-order chi connectivity index (χ0) is 13.1. The second kappa shape index (κ2) is 5.49. The summed E-state index contributed by atoms with van der Waals surface area (Å²) in [6.45, 7) is 7.70. The van der Waals surface area contributed by atoms with E-state index in [4.69, 9.17) is 10.6 Å². The molecular formula is C12H21N5O. The van der Waals surface area contributed by atoms with E-state index in [1.54, 1.807) is 0 Å². The molecule has 6 heteroatoms. The molecule has 0 saturated carbocycles. The number of nitrogens with zero attached hydrogens (tertiary/aromatic N) is 3. The third-order valence-electron chi connectivity index (χ3n) is 3.21. The first-order valence-electron chi connectivity index (χ1n) is 6.34. The van der Waals surface area contributed by atoms with Gasteiger partial charge in [-0.3, -0.25) is 0 Å². The van der Waals surface area contributed by atoms with Crippen molar-refractivity contribution in [3.63, 3.8) is 0 Å². The van der Waals surface area contributed by atoms with Gasteiger partial charge in [0.05, 0.1) is 18.8 Å². The smallest absolute Gasteiger partial charge is 0.145 e. The van der Waals surface area contributed by atoms with Crippen LogP contribution in [0, 0.1) is 6.92 Å². The van der Waals surface area contributed by atoms with Gasteiger partial charge < -0.3 is 15.1 Å². The summed E-state index contributed by atoms with van der Waals surface area (Å²) in [5.41, 5.74) is 2.58. The van der Waals surface area contributed by atoms with E-state index in [9.17, 15) is 0 Å². The Morgan fingerprint density at radius 1 is 1.56 bits per heavy atom. The molecule has 1 aliphatic heterocycles. The van der Waals surface area contributed by atoms with Crippen LogP contribution in [0.25, 0.3) is 0 Å². The molecule has 0 bridgehead atoms. The Kier molecular flexibility index (Phi) is 3.98. The summed E-state index contributed by atoms with van der Waals surface area (Å²) in [6, 6.07) is 2.24. The van der Waals surface area contributed by atoms with Crippen molar-refractivity contribution < 1.29 is 4.74 Å². The van der Waals surface area contributed by atoms with Crippen LogP contribution in [0.1, 0.15) is 26.1 Å². The molecule has 1 aromatic rings. The summed E-state index contributed by atoms with van der Waals surface area (Å²) in [5.74, 6) is 7.70. The van der Waals surface area contributed by atoms with Crippen LogP contribution in [0.4, 0.5) is 11.6 Å². The first-order valence-corrected chi connectivity index (χ1v) is 6.34. The van der Waals surface area contributed by atoms with Crippen molar-refractivity contribution in [1.82, 2.24) is 9.97 Å². The molecule has 2 rings (SSSR count). The highest BCUT2D eigenvalue weighted by Crippen LogP contribution is 2.23. The third-order valence-corrected chi connectivity index (χ3v) is 3.21. The average molecular weight is 251 g/mol. The lowest BCUT2D eigenvalue weighted by atomic mass is 10.1.